The molecule has 0 amide bonds. The number of fused-ring (bicyclic) bond motifs is 7. The Morgan fingerprint density at radius 3 is 2.14 bits per heavy atom. The lowest BCUT2D eigenvalue weighted by molar-refractivity contribution is -0.255. The van der Waals surface area contributed by atoms with Gasteiger partial charge in [0.1, 0.15) is 12.7 Å². The summed E-state index contributed by atoms with van der Waals surface area (Å²) in [6.45, 7) is 17.4. The molecule has 4 saturated carbocycles. The third-order valence-electron chi connectivity index (χ3n) is 14.1. The van der Waals surface area contributed by atoms with Crippen molar-refractivity contribution in [3.8, 4) is 0 Å². The van der Waals surface area contributed by atoms with Crippen LogP contribution in [0.1, 0.15) is 113 Å². The number of methoxy groups -OCH3 is 2. The quantitative estimate of drug-likeness (QED) is 0.190. The average Bonchev–Trinajstić information content (AvgIpc) is 2.93. The molecule has 10 unspecified atom stereocenters. The summed E-state index contributed by atoms with van der Waals surface area (Å²) in [6, 6.07) is 0. The number of esters is 3. The topological polar surface area (TPSA) is 88.1 Å². The van der Waals surface area contributed by atoms with Gasteiger partial charge in [-0.25, -0.2) is 0 Å². The first-order valence-electron chi connectivity index (χ1n) is 16.6. The van der Waals surface area contributed by atoms with Crippen molar-refractivity contribution in [3.05, 3.63) is 11.6 Å². The number of hydrogen-bond donors (Lipinski definition) is 0. The van der Waals surface area contributed by atoms with Crippen LogP contribution < -0.4 is 0 Å². The molecule has 7 heteroatoms. The Bertz CT molecular complexity index is 1190. The molecule has 7 nitrogen and oxygen atoms in total. The van der Waals surface area contributed by atoms with Crippen molar-refractivity contribution in [1.29, 1.82) is 0 Å². The Hall–Kier alpha value is -1.89. The molecule has 5 aliphatic carbocycles. The number of allylic oxidation sites excluding steroid dienone is 2. The van der Waals surface area contributed by atoms with Crippen molar-refractivity contribution in [1.82, 2.24) is 0 Å². The van der Waals surface area contributed by atoms with Crippen LogP contribution in [0.5, 0.6) is 0 Å². The standard InChI is InChI=1S/C36H56O7/c1-22(37)42-21-33(6)27-13-14-35(8)28(32(27,5)20-26(40-9)29(33)43-23(2)38)12-11-24-25-19-31(3,4)15-17-36(25,30(39)41-10)18-16-34(24,35)7/h11,25-29H,12-21H2,1-10H3. The van der Waals surface area contributed by atoms with E-state index in [0.29, 0.717) is 5.92 Å². The van der Waals surface area contributed by atoms with Gasteiger partial charge in [-0.2, -0.15) is 0 Å². The van der Waals surface area contributed by atoms with Gasteiger partial charge in [0.2, 0.25) is 0 Å². The maximum absolute atomic E-state index is 13.5. The van der Waals surface area contributed by atoms with Crippen molar-refractivity contribution >= 4 is 17.9 Å². The first-order valence-corrected chi connectivity index (χ1v) is 16.6. The van der Waals surface area contributed by atoms with Gasteiger partial charge in [0.15, 0.2) is 0 Å². The van der Waals surface area contributed by atoms with Crippen LogP contribution in [-0.2, 0) is 33.3 Å². The summed E-state index contributed by atoms with van der Waals surface area (Å²) in [5.74, 6) is 0.0580. The zero-order valence-electron chi connectivity index (χ0n) is 28.4. The fourth-order valence-electron chi connectivity index (χ4n) is 11.7. The van der Waals surface area contributed by atoms with Crippen LogP contribution >= 0.6 is 0 Å². The minimum atomic E-state index is -0.586. The zero-order valence-corrected chi connectivity index (χ0v) is 28.4. The number of carbonyl (C=O) groups is 3. The van der Waals surface area contributed by atoms with Gasteiger partial charge < -0.3 is 18.9 Å². The lowest BCUT2D eigenvalue weighted by Gasteiger charge is -2.71. The molecule has 4 fully saturated rings. The lowest BCUT2D eigenvalue weighted by Crippen LogP contribution is -2.69. The average molecular weight is 601 g/mol. The van der Waals surface area contributed by atoms with Crippen molar-refractivity contribution in [2.75, 3.05) is 20.8 Å². The molecule has 0 aliphatic heterocycles. The van der Waals surface area contributed by atoms with Crippen LogP contribution in [0.25, 0.3) is 0 Å². The molecule has 0 saturated heterocycles. The van der Waals surface area contributed by atoms with E-state index in [1.54, 1.807) is 14.2 Å². The molecule has 10 atom stereocenters. The van der Waals surface area contributed by atoms with Gasteiger partial charge in [0.25, 0.3) is 0 Å². The third-order valence-corrected chi connectivity index (χ3v) is 14.1. The van der Waals surface area contributed by atoms with Gasteiger partial charge in [-0.05, 0) is 97.2 Å². The molecule has 43 heavy (non-hydrogen) atoms. The summed E-state index contributed by atoms with van der Waals surface area (Å²) in [5, 5.41) is 0. The largest absolute Gasteiger partial charge is 0.469 e. The van der Waals surface area contributed by atoms with Gasteiger partial charge in [-0.15, -0.1) is 0 Å². The van der Waals surface area contributed by atoms with Crippen LogP contribution in [0.2, 0.25) is 0 Å². The van der Waals surface area contributed by atoms with Crippen molar-refractivity contribution in [2.45, 2.75) is 125 Å². The molecule has 0 bridgehead atoms. The van der Waals surface area contributed by atoms with E-state index in [2.05, 4.69) is 47.6 Å². The highest BCUT2D eigenvalue weighted by atomic mass is 16.6. The highest BCUT2D eigenvalue weighted by Gasteiger charge is 2.71. The van der Waals surface area contributed by atoms with Gasteiger partial charge >= 0.3 is 17.9 Å². The summed E-state index contributed by atoms with van der Waals surface area (Å²) in [4.78, 5) is 38.0. The lowest BCUT2D eigenvalue weighted by atomic mass is 9.33. The normalized spacial score (nSPS) is 46.6. The molecule has 0 aromatic carbocycles. The Morgan fingerprint density at radius 1 is 0.860 bits per heavy atom. The summed E-state index contributed by atoms with van der Waals surface area (Å²) >= 11 is 0. The number of ether oxygens (including phenoxy) is 4. The second kappa shape index (κ2) is 10.6. The molecule has 0 spiro atoms. The summed E-state index contributed by atoms with van der Waals surface area (Å²) in [6.07, 6.45) is 10.3. The first-order chi connectivity index (χ1) is 19.9. The predicted molar refractivity (Wildman–Crippen MR) is 164 cm³/mol. The Labute approximate surface area is 259 Å². The minimum absolute atomic E-state index is 0.0150. The number of rotatable bonds is 5. The maximum Gasteiger partial charge on any atom is 0.312 e. The minimum Gasteiger partial charge on any atom is -0.469 e. The van der Waals surface area contributed by atoms with Crippen LogP contribution in [-0.4, -0.2) is 50.9 Å². The zero-order chi connectivity index (χ0) is 31.8. The van der Waals surface area contributed by atoms with Gasteiger partial charge in [0.05, 0.1) is 18.6 Å². The summed E-state index contributed by atoms with van der Waals surface area (Å²) < 4.78 is 23.4. The van der Waals surface area contributed by atoms with Crippen molar-refractivity contribution in [2.24, 2.45) is 50.2 Å². The monoisotopic (exact) mass is 600 g/mol. The van der Waals surface area contributed by atoms with Gasteiger partial charge in [-0.3, -0.25) is 14.4 Å². The molecule has 0 N–H and O–H groups in total. The highest BCUT2D eigenvalue weighted by molar-refractivity contribution is 5.78. The highest BCUT2D eigenvalue weighted by Crippen LogP contribution is 2.76. The third kappa shape index (κ3) is 4.63. The molecule has 242 valence electrons. The molecule has 5 aliphatic rings. The number of carbonyl (C=O) groups excluding carboxylic acids is 3. The molecule has 5 rings (SSSR count). The van der Waals surface area contributed by atoms with Crippen LogP contribution in [0.4, 0.5) is 0 Å². The molecule has 0 heterocycles. The molecule has 0 aromatic rings. The van der Waals surface area contributed by atoms with E-state index in [9.17, 15) is 14.4 Å². The van der Waals surface area contributed by atoms with E-state index in [4.69, 9.17) is 18.9 Å². The summed E-state index contributed by atoms with van der Waals surface area (Å²) in [7, 11) is 3.26. The van der Waals surface area contributed by atoms with Crippen LogP contribution in [0.15, 0.2) is 11.6 Å². The molecular formula is C36H56O7. The van der Waals surface area contributed by atoms with E-state index >= 15 is 0 Å². The van der Waals surface area contributed by atoms with E-state index in [-0.39, 0.29) is 64.1 Å². The van der Waals surface area contributed by atoms with Crippen LogP contribution in [0, 0.1) is 50.2 Å². The number of hydrogen-bond acceptors (Lipinski definition) is 7. The second-order valence-electron chi connectivity index (χ2n) is 16.7. The fraction of sp³-hybridized carbons (Fsp3) is 0.861. The van der Waals surface area contributed by atoms with Crippen molar-refractivity contribution in [3.63, 3.8) is 0 Å². The summed E-state index contributed by atoms with van der Waals surface area (Å²) in [5.41, 5.74) is 0.512. The maximum atomic E-state index is 13.5. The van der Waals surface area contributed by atoms with Gasteiger partial charge in [-0.1, -0.05) is 53.2 Å². The molecular weight excluding hydrogens is 544 g/mol. The second-order valence-corrected chi connectivity index (χ2v) is 16.7. The SMILES string of the molecule is COC(=O)C12CCC(C)(C)CC1C1=CCC3C4(C)CC(OC)C(OC(C)=O)C(C)(COC(C)=O)C4CCC3(C)C1(C)CC2. The van der Waals surface area contributed by atoms with Crippen LogP contribution in [0.3, 0.4) is 0 Å². The van der Waals surface area contributed by atoms with E-state index < -0.39 is 16.9 Å². The Morgan fingerprint density at radius 2 is 1.53 bits per heavy atom. The Balaban J connectivity index is 1.60. The van der Waals surface area contributed by atoms with Gasteiger partial charge in [0, 0.05) is 26.4 Å². The smallest absolute Gasteiger partial charge is 0.312 e. The predicted octanol–water partition coefficient (Wildman–Crippen LogP) is 7.06. The van der Waals surface area contributed by atoms with Crippen molar-refractivity contribution < 1.29 is 33.3 Å². The molecule has 0 radical (unpaired) electrons. The van der Waals surface area contributed by atoms with E-state index in [0.717, 1.165) is 57.8 Å². The first kappa shape index (κ1) is 32.5. The Kier molecular flexibility index (Phi) is 8.01. The van der Waals surface area contributed by atoms with E-state index in [1.807, 2.05) is 0 Å². The van der Waals surface area contributed by atoms with E-state index in [1.165, 1.54) is 19.4 Å². The molecule has 0 aromatic heterocycles. The fourth-order valence-corrected chi connectivity index (χ4v) is 11.7.